The molecule has 4 aromatic rings. The van der Waals surface area contributed by atoms with Gasteiger partial charge in [-0.05, 0) is 55.8 Å². The quantitative estimate of drug-likeness (QED) is 0.242. The average Bonchev–Trinajstić information content (AvgIpc) is 3.32. The van der Waals surface area contributed by atoms with Crippen molar-refractivity contribution in [1.29, 1.82) is 0 Å². The molecule has 0 saturated carbocycles. The van der Waals surface area contributed by atoms with Gasteiger partial charge < -0.3 is 19.3 Å². The van der Waals surface area contributed by atoms with Crippen molar-refractivity contribution < 1.29 is 9.47 Å². The number of aromatic nitrogens is 2. The Morgan fingerprint density at radius 2 is 1.72 bits per heavy atom. The van der Waals surface area contributed by atoms with Crippen molar-refractivity contribution in [1.82, 2.24) is 15.1 Å². The number of anilines is 1. The van der Waals surface area contributed by atoms with Crippen LogP contribution in [0.25, 0.3) is 22.2 Å². The third-order valence-corrected chi connectivity index (χ3v) is 7.15. The van der Waals surface area contributed by atoms with Gasteiger partial charge >= 0.3 is 0 Å². The van der Waals surface area contributed by atoms with Crippen LogP contribution in [0.1, 0.15) is 18.4 Å². The van der Waals surface area contributed by atoms with E-state index in [1.54, 1.807) is 0 Å². The highest BCUT2D eigenvalue weighted by molar-refractivity contribution is 9.10. The molecule has 0 bridgehead atoms. The van der Waals surface area contributed by atoms with Crippen molar-refractivity contribution >= 4 is 32.5 Å². The number of piperazine rings is 1. The number of aromatic amines is 1. The lowest BCUT2D eigenvalue weighted by atomic mass is 10.1. The summed E-state index contributed by atoms with van der Waals surface area (Å²) < 4.78 is 13.3. The maximum Gasteiger partial charge on any atom is 0.143 e. The number of unbranched alkanes of at least 4 members (excludes halogenated alkanes) is 1. The highest BCUT2D eigenvalue weighted by Gasteiger charge is 2.19. The molecule has 0 radical (unpaired) electrons. The fourth-order valence-corrected chi connectivity index (χ4v) is 4.91. The second kappa shape index (κ2) is 11.9. The van der Waals surface area contributed by atoms with E-state index < -0.39 is 0 Å². The van der Waals surface area contributed by atoms with E-state index in [0.717, 1.165) is 83.7 Å². The minimum atomic E-state index is 0.658. The predicted molar refractivity (Wildman–Crippen MR) is 150 cm³/mol. The van der Waals surface area contributed by atoms with Gasteiger partial charge in [-0.2, -0.15) is 5.10 Å². The summed E-state index contributed by atoms with van der Waals surface area (Å²) in [5, 5.41) is 8.87. The molecule has 5 rings (SSSR count). The third kappa shape index (κ3) is 6.09. The summed E-state index contributed by atoms with van der Waals surface area (Å²) in [5.74, 6) is 0.924. The minimum Gasteiger partial charge on any atom is -0.491 e. The molecule has 3 aromatic carbocycles. The summed E-state index contributed by atoms with van der Waals surface area (Å²) in [6, 6.07) is 23.0. The smallest absolute Gasteiger partial charge is 0.143 e. The predicted octanol–water partition coefficient (Wildman–Crippen LogP) is 6.12. The molecule has 188 valence electrons. The van der Waals surface area contributed by atoms with E-state index in [9.17, 15) is 0 Å². The van der Waals surface area contributed by atoms with Crippen LogP contribution in [-0.2, 0) is 11.3 Å². The third-order valence-electron chi connectivity index (χ3n) is 6.65. The van der Waals surface area contributed by atoms with Crippen LogP contribution in [0.2, 0.25) is 0 Å². The van der Waals surface area contributed by atoms with Crippen LogP contribution in [0.5, 0.6) is 5.75 Å². The molecule has 36 heavy (non-hydrogen) atoms. The highest BCUT2D eigenvalue weighted by atomic mass is 79.9. The van der Waals surface area contributed by atoms with E-state index in [-0.39, 0.29) is 0 Å². The number of hydrogen-bond acceptors (Lipinski definition) is 5. The van der Waals surface area contributed by atoms with Crippen molar-refractivity contribution in [2.24, 2.45) is 0 Å². The Bertz CT molecular complexity index is 1270. The van der Waals surface area contributed by atoms with Crippen LogP contribution >= 0.6 is 15.9 Å². The molecule has 7 heteroatoms. The number of H-pyrrole nitrogens is 1. The van der Waals surface area contributed by atoms with Gasteiger partial charge in [0.25, 0.3) is 0 Å². The number of benzene rings is 3. The number of nitrogens with zero attached hydrogens (tertiary/aromatic N) is 3. The van der Waals surface area contributed by atoms with E-state index in [2.05, 4.69) is 79.4 Å². The van der Waals surface area contributed by atoms with Crippen molar-refractivity contribution in [2.75, 3.05) is 51.3 Å². The first-order valence-electron chi connectivity index (χ1n) is 12.6. The lowest BCUT2D eigenvalue weighted by molar-refractivity contribution is 0.113. The van der Waals surface area contributed by atoms with E-state index in [0.29, 0.717) is 13.2 Å². The molecule has 0 unspecified atom stereocenters. The SMILES string of the molecule is CN1CCN(c2ccc(-c3n[nH]c4ccc(Br)cc34)cc2OCCCCOCc2ccccc2)CC1. The summed E-state index contributed by atoms with van der Waals surface area (Å²) >= 11 is 3.59. The van der Waals surface area contributed by atoms with E-state index in [1.807, 2.05) is 30.3 Å². The Morgan fingerprint density at radius 3 is 2.56 bits per heavy atom. The molecule has 6 nitrogen and oxygen atoms in total. The molecule has 1 aliphatic rings. The molecule has 1 saturated heterocycles. The highest BCUT2D eigenvalue weighted by Crippen LogP contribution is 2.36. The maximum absolute atomic E-state index is 6.40. The molecule has 1 N–H and O–H groups in total. The Hall–Kier alpha value is -2.87. The van der Waals surface area contributed by atoms with Crippen molar-refractivity contribution in [3.63, 3.8) is 0 Å². The average molecular weight is 550 g/mol. The number of likely N-dealkylation sites (N-methyl/N-ethyl adjacent to an activating group) is 1. The van der Waals surface area contributed by atoms with Crippen LogP contribution in [0, 0.1) is 0 Å². The number of hydrogen-bond donors (Lipinski definition) is 1. The largest absolute Gasteiger partial charge is 0.491 e. The van der Waals surface area contributed by atoms with Crippen LogP contribution in [-0.4, -0.2) is 61.5 Å². The first-order valence-corrected chi connectivity index (χ1v) is 13.4. The fraction of sp³-hybridized carbons (Fsp3) is 0.345. The zero-order chi connectivity index (χ0) is 24.7. The number of rotatable bonds is 10. The Labute approximate surface area is 221 Å². The van der Waals surface area contributed by atoms with Crippen LogP contribution < -0.4 is 9.64 Å². The lowest BCUT2D eigenvalue weighted by Crippen LogP contribution is -2.44. The summed E-state index contributed by atoms with van der Waals surface area (Å²) in [7, 11) is 2.18. The molecule has 1 aromatic heterocycles. The zero-order valence-electron chi connectivity index (χ0n) is 20.8. The van der Waals surface area contributed by atoms with Gasteiger partial charge in [-0.15, -0.1) is 0 Å². The summed E-state index contributed by atoms with van der Waals surface area (Å²) in [5.41, 5.74) is 5.39. The molecule has 2 heterocycles. The number of nitrogens with one attached hydrogen (secondary N) is 1. The van der Waals surface area contributed by atoms with Gasteiger partial charge in [0.15, 0.2) is 0 Å². The topological polar surface area (TPSA) is 53.6 Å². The molecule has 0 atom stereocenters. The maximum atomic E-state index is 6.40. The van der Waals surface area contributed by atoms with Gasteiger partial charge in [0, 0.05) is 48.2 Å². The lowest BCUT2D eigenvalue weighted by Gasteiger charge is -2.35. The van der Waals surface area contributed by atoms with E-state index in [4.69, 9.17) is 9.47 Å². The molecule has 0 aliphatic carbocycles. The first-order chi connectivity index (χ1) is 17.7. The monoisotopic (exact) mass is 548 g/mol. The first kappa shape index (κ1) is 24.8. The summed E-state index contributed by atoms with van der Waals surface area (Å²) in [6.45, 7) is 6.15. The number of ether oxygens (including phenoxy) is 2. The molecular weight excluding hydrogens is 516 g/mol. The van der Waals surface area contributed by atoms with Crippen LogP contribution in [0.4, 0.5) is 5.69 Å². The fourth-order valence-electron chi connectivity index (χ4n) is 4.54. The van der Waals surface area contributed by atoms with Crippen molar-refractivity contribution in [2.45, 2.75) is 19.4 Å². The second-order valence-electron chi connectivity index (χ2n) is 9.33. The van der Waals surface area contributed by atoms with Gasteiger partial charge in [0.2, 0.25) is 0 Å². The standard InChI is InChI=1S/C29H33BrN4O2/c1-33-13-15-34(16-14-33)27-12-9-23(29-25-20-24(30)10-11-26(25)31-32-29)19-28(27)36-18-6-5-17-35-21-22-7-3-2-4-8-22/h2-4,7-12,19-20H,5-6,13-18,21H2,1H3,(H,31,32). The van der Waals surface area contributed by atoms with Gasteiger partial charge in [-0.3, -0.25) is 5.10 Å². The van der Waals surface area contributed by atoms with Crippen molar-refractivity contribution in [3.8, 4) is 17.0 Å². The Morgan fingerprint density at radius 1 is 0.917 bits per heavy atom. The Balaban J connectivity index is 1.26. The molecule has 0 amide bonds. The van der Waals surface area contributed by atoms with Crippen molar-refractivity contribution in [3.05, 3.63) is 76.8 Å². The summed E-state index contributed by atoms with van der Waals surface area (Å²) in [4.78, 5) is 4.80. The molecular formula is C29H33BrN4O2. The molecule has 1 fully saturated rings. The summed E-state index contributed by atoms with van der Waals surface area (Å²) in [6.07, 6.45) is 1.91. The molecule has 1 aliphatic heterocycles. The van der Waals surface area contributed by atoms with Gasteiger partial charge in [-0.25, -0.2) is 0 Å². The zero-order valence-corrected chi connectivity index (χ0v) is 22.3. The van der Waals surface area contributed by atoms with Crippen LogP contribution in [0.3, 0.4) is 0 Å². The van der Waals surface area contributed by atoms with E-state index in [1.165, 1.54) is 5.56 Å². The minimum absolute atomic E-state index is 0.658. The van der Waals surface area contributed by atoms with E-state index >= 15 is 0 Å². The number of fused-ring (bicyclic) bond motifs is 1. The van der Waals surface area contributed by atoms with Gasteiger partial charge in [-0.1, -0.05) is 52.3 Å². The molecule has 0 spiro atoms. The number of halogens is 1. The van der Waals surface area contributed by atoms with Gasteiger partial charge in [0.05, 0.1) is 24.4 Å². The normalized spacial score (nSPS) is 14.4. The Kier molecular flexibility index (Phi) is 8.21. The van der Waals surface area contributed by atoms with Gasteiger partial charge in [0.1, 0.15) is 11.4 Å². The van der Waals surface area contributed by atoms with Crippen LogP contribution in [0.15, 0.2) is 71.2 Å². The second-order valence-corrected chi connectivity index (χ2v) is 10.2.